The number of likely N-dealkylation sites (tertiary alicyclic amines) is 1. The van der Waals surface area contributed by atoms with Crippen LogP contribution in [0.5, 0.6) is 17.2 Å². The minimum absolute atomic E-state index is 0.153. The molecule has 0 aromatic heterocycles. The summed E-state index contributed by atoms with van der Waals surface area (Å²) >= 11 is 0. The van der Waals surface area contributed by atoms with Gasteiger partial charge in [0.1, 0.15) is 23.9 Å². The number of ether oxygens (including phenoxy) is 3. The zero-order chi connectivity index (χ0) is 24.5. The third-order valence-electron chi connectivity index (χ3n) is 7.76. The van der Waals surface area contributed by atoms with Gasteiger partial charge in [-0.1, -0.05) is 42.8 Å². The summed E-state index contributed by atoms with van der Waals surface area (Å²) in [6.07, 6.45) is 3.99. The quantitative estimate of drug-likeness (QED) is 0.255. The topological polar surface area (TPSA) is 30.9 Å². The van der Waals surface area contributed by atoms with E-state index in [1.54, 1.807) is 14.2 Å². The van der Waals surface area contributed by atoms with Gasteiger partial charge in [0.05, 0.1) is 14.2 Å². The Labute approximate surface area is 213 Å². The molecule has 4 heteroatoms. The van der Waals surface area contributed by atoms with E-state index in [4.69, 9.17) is 14.2 Å². The number of rotatable bonds is 7. The first-order valence-electron chi connectivity index (χ1n) is 13.0. The number of nitrogens with zero attached hydrogens (tertiary/aromatic N) is 1. The Bertz CT molecular complexity index is 1370. The van der Waals surface area contributed by atoms with Crippen molar-refractivity contribution in [3.63, 3.8) is 0 Å². The molecule has 4 aromatic rings. The van der Waals surface area contributed by atoms with Gasteiger partial charge in [0, 0.05) is 12.5 Å². The van der Waals surface area contributed by atoms with Gasteiger partial charge >= 0.3 is 0 Å². The third kappa shape index (κ3) is 4.20. The lowest BCUT2D eigenvalue weighted by atomic mass is 9.86. The highest BCUT2D eigenvalue weighted by Gasteiger charge is 2.32. The summed E-state index contributed by atoms with van der Waals surface area (Å²) in [6, 6.07) is 26.0. The average Bonchev–Trinajstić information content (AvgIpc) is 3.27. The van der Waals surface area contributed by atoms with Gasteiger partial charge in [-0.15, -0.1) is 0 Å². The Kier molecular flexibility index (Phi) is 6.28. The molecule has 2 aliphatic rings. The summed E-state index contributed by atoms with van der Waals surface area (Å²) in [4.78, 5) is 2.51. The van der Waals surface area contributed by atoms with Gasteiger partial charge < -0.3 is 14.2 Å². The maximum Gasteiger partial charge on any atom is 0.119 e. The van der Waals surface area contributed by atoms with Gasteiger partial charge in [-0.2, -0.15) is 0 Å². The number of piperidine rings is 1. The lowest BCUT2D eigenvalue weighted by molar-refractivity contribution is 0.183. The number of methoxy groups -OCH3 is 2. The van der Waals surface area contributed by atoms with Crippen molar-refractivity contribution in [2.24, 2.45) is 0 Å². The lowest BCUT2D eigenvalue weighted by Crippen LogP contribution is -2.33. The molecule has 4 aromatic carbocycles. The van der Waals surface area contributed by atoms with Gasteiger partial charge in [0.2, 0.25) is 0 Å². The first kappa shape index (κ1) is 22.9. The molecule has 0 N–H and O–H groups in total. The summed E-state index contributed by atoms with van der Waals surface area (Å²) < 4.78 is 17.2. The second-order valence-corrected chi connectivity index (χ2v) is 9.82. The summed E-state index contributed by atoms with van der Waals surface area (Å²) in [7, 11) is 3.45. The van der Waals surface area contributed by atoms with E-state index < -0.39 is 0 Å². The van der Waals surface area contributed by atoms with Crippen LogP contribution < -0.4 is 14.2 Å². The highest BCUT2D eigenvalue weighted by atomic mass is 16.5. The largest absolute Gasteiger partial charge is 0.497 e. The molecule has 0 saturated carbocycles. The van der Waals surface area contributed by atoms with Crippen LogP contribution in [0.15, 0.2) is 72.8 Å². The van der Waals surface area contributed by atoms with Crippen molar-refractivity contribution in [3.8, 4) is 28.4 Å². The number of hydrogen-bond donors (Lipinski definition) is 0. The Morgan fingerprint density at radius 1 is 0.722 bits per heavy atom. The van der Waals surface area contributed by atoms with Crippen LogP contribution in [-0.4, -0.2) is 45.4 Å². The fourth-order valence-electron chi connectivity index (χ4n) is 5.89. The van der Waals surface area contributed by atoms with Crippen LogP contribution in [0.3, 0.4) is 0 Å². The molecule has 1 unspecified atom stereocenters. The van der Waals surface area contributed by atoms with E-state index in [1.165, 1.54) is 70.9 Å². The molecule has 0 spiro atoms. The van der Waals surface area contributed by atoms with E-state index in [1.807, 2.05) is 0 Å². The second-order valence-electron chi connectivity index (χ2n) is 9.82. The van der Waals surface area contributed by atoms with Gasteiger partial charge in [-0.25, -0.2) is 0 Å². The van der Waals surface area contributed by atoms with Crippen LogP contribution in [0.25, 0.3) is 21.9 Å². The highest BCUT2D eigenvalue weighted by molar-refractivity contribution is 5.98. The van der Waals surface area contributed by atoms with E-state index in [2.05, 4.69) is 77.7 Å². The zero-order valence-electron chi connectivity index (χ0n) is 21.1. The Hall–Kier alpha value is -3.50. The molecule has 4 nitrogen and oxygen atoms in total. The monoisotopic (exact) mass is 479 g/mol. The molecular formula is C32H33NO3. The number of fused-ring (bicyclic) bond motifs is 5. The first-order valence-corrected chi connectivity index (χ1v) is 13.0. The molecule has 0 bridgehead atoms. The molecular weight excluding hydrogens is 446 g/mol. The lowest BCUT2D eigenvalue weighted by Gasteiger charge is -2.26. The Morgan fingerprint density at radius 2 is 1.44 bits per heavy atom. The van der Waals surface area contributed by atoms with Gasteiger partial charge in [0.15, 0.2) is 0 Å². The van der Waals surface area contributed by atoms with Gasteiger partial charge in [-0.05, 0) is 101 Å². The van der Waals surface area contributed by atoms with Crippen LogP contribution in [0.1, 0.15) is 41.9 Å². The van der Waals surface area contributed by atoms with Gasteiger partial charge in [-0.3, -0.25) is 4.90 Å². The van der Waals surface area contributed by atoms with E-state index in [9.17, 15) is 0 Å². The average molecular weight is 480 g/mol. The molecule has 1 atom stereocenters. The van der Waals surface area contributed by atoms with E-state index in [0.717, 1.165) is 30.4 Å². The van der Waals surface area contributed by atoms with Crippen molar-refractivity contribution in [2.45, 2.75) is 25.2 Å². The molecule has 0 radical (unpaired) electrons. The van der Waals surface area contributed by atoms with Gasteiger partial charge in [0.25, 0.3) is 0 Å². The van der Waals surface area contributed by atoms with Crippen LogP contribution in [0.4, 0.5) is 0 Å². The summed E-state index contributed by atoms with van der Waals surface area (Å²) in [5, 5.41) is 2.45. The normalized spacial score (nSPS) is 17.0. The second kappa shape index (κ2) is 9.87. The van der Waals surface area contributed by atoms with Crippen LogP contribution >= 0.6 is 0 Å². The molecule has 184 valence electrons. The van der Waals surface area contributed by atoms with E-state index >= 15 is 0 Å². The molecule has 1 aliphatic carbocycles. The SMILES string of the molecule is COc1ccc2c(c1)-c1ccc3cc(OC)ccc3c1C2c1ccc(OCCN2CCCCC2)cc1. The summed E-state index contributed by atoms with van der Waals surface area (Å²) in [6.45, 7) is 4.14. The number of benzene rings is 4. The predicted molar refractivity (Wildman–Crippen MR) is 146 cm³/mol. The van der Waals surface area contributed by atoms with Crippen LogP contribution in [-0.2, 0) is 0 Å². The van der Waals surface area contributed by atoms with Crippen molar-refractivity contribution < 1.29 is 14.2 Å². The Balaban J connectivity index is 1.33. The fourth-order valence-corrected chi connectivity index (χ4v) is 5.89. The van der Waals surface area contributed by atoms with Crippen LogP contribution in [0, 0.1) is 0 Å². The smallest absolute Gasteiger partial charge is 0.119 e. The molecule has 1 aliphatic heterocycles. The maximum absolute atomic E-state index is 6.12. The fraction of sp³-hybridized carbons (Fsp3) is 0.312. The molecule has 1 heterocycles. The summed E-state index contributed by atoms with van der Waals surface area (Å²) in [5.74, 6) is 2.85. The maximum atomic E-state index is 6.12. The molecule has 36 heavy (non-hydrogen) atoms. The molecule has 0 amide bonds. The standard InChI is InChI=1S/C32H33NO3/c1-34-25-11-14-27-23(20-25)8-13-29-30-21-26(35-2)12-15-28(30)31(32(27)29)22-6-9-24(10-7-22)36-19-18-33-16-4-3-5-17-33/h6-15,20-21,31H,3-5,16-19H2,1-2H3. The first-order chi connectivity index (χ1) is 17.7. The van der Waals surface area contributed by atoms with Crippen molar-refractivity contribution >= 4 is 10.8 Å². The zero-order valence-corrected chi connectivity index (χ0v) is 21.1. The highest BCUT2D eigenvalue weighted by Crippen LogP contribution is 2.51. The minimum Gasteiger partial charge on any atom is -0.497 e. The van der Waals surface area contributed by atoms with E-state index in [-0.39, 0.29) is 5.92 Å². The minimum atomic E-state index is 0.153. The van der Waals surface area contributed by atoms with Crippen molar-refractivity contribution in [2.75, 3.05) is 40.5 Å². The Morgan fingerprint density at radius 3 is 2.22 bits per heavy atom. The third-order valence-corrected chi connectivity index (χ3v) is 7.76. The van der Waals surface area contributed by atoms with E-state index in [0.29, 0.717) is 0 Å². The van der Waals surface area contributed by atoms with Crippen molar-refractivity contribution in [3.05, 3.63) is 89.5 Å². The van der Waals surface area contributed by atoms with Crippen molar-refractivity contribution in [1.82, 2.24) is 4.90 Å². The number of hydrogen-bond acceptors (Lipinski definition) is 4. The molecule has 1 fully saturated rings. The van der Waals surface area contributed by atoms with Crippen molar-refractivity contribution in [1.29, 1.82) is 0 Å². The van der Waals surface area contributed by atoms with Crippen LogP contribution in [0.2, 0.25) is 0 Å². The summed E-state index contributed by atoms with van der Waals surface area (Å²) in [5.41, 5.74) is 6.44. The molecule has 6 rings (SSSR count). The molecule has 1 saturated heterocycles. The predicted octanol–water partition coefficient (Wildman–Crippen LogP) is 6.88.